The van der Waals surface area contributed by atoms with Gasteiger partial charge >= 0.3 is 0 Å². The summed E-state index contributed by atoms with van der Waals surface area (Å²) >= 11 is 3.22. The lowest BCUT2D eigenvalue weighted by molar-refractivity contribution is 0.0946. The summed E-state index contributed by atoms with van der Waals surface area (Å²) in [5, 5.41) is 10.2. The molecule has 6 nitrogen and oxygen atoms in total. The van der Waals surface area contributed by atoms with Gasteiger partial charge < -0.3 is 5.32 Å². The molecule has 0 aliphatic rings. The average Bonchev–Trinajstić information content (AvgIpc) is 2.82. The molecule has 0 aliphatic heterocycles. The van der Waals surface area contributed by atoms with E-state index in [2.05, 4.69) is 36.5 Å². The second-order valence-corrected chi connectivity index (χ2v) is 4.08. The molecule has 2 heterocycles. The van der Waals surface area contributed by atoms with Crippen LogP contribution in [-0.4, -0.2) is 32.4 Å². The first kappa shape index (κ1) is 11.7. The fraction of sp³-hybridized carbons (Fsp3) is 0.200. The second-order valence-electron chi connectivity index (χ2n) is 3.27. The van der Waals surface area contributed by atoms with Crippen LogP contribution < -0.4 is 5.32 Å². The van der Waals surface area contributed by atoms with Crippen LogP contribution in [0.2, 0.25) is 0 Å². The molecule has 1 N–H and O–H groups in total. The number of nitrogens with one attached hydrogen (secondary N) is 1. The fourth-order valence-electron chi connectivity index (χ4n) is 1.26. The van der Waals surface area contributed by atoms with Gasteiger partial charge in [0.2, 0.25) is 0 Å². The Morgan fingerprint density at radius 1 is 1.47 bits per heavy atom. The first-order valence-corrected chi connectivity index (χ1v) is 5.80. The fourth-order valence-corrected chi connectivity index (χ4v) is 1.60. The monoisotopic (exact) mass is 295 g/mol. The Balaban J connectivity index is 1.85. The molecule has 0 unspecified atom stereocenters. The molecule has 7 heteroatoms. The number of pyridine rings is 1. The molecular formula is C10H10BrN5O. The first-order chi connectivity index (χ1) is 8.25. The van der Waals surface area contributed by atoms with Crippen LogP contribution >= 0.6 is 15.9 Å². The summed E-state index contributed by atoms with van der Waals surface area (Å²) in [5.74, 6) is -0.202. The van der Waals surface area contributed by atoms with E-state index in [0.29, 0.717) is 23.4 Å². The highest BCUT2D eigenvalue weighted by Crippen LogP contribution is 2.05. The standard InChI is InChI=1S/C10H10BrN5O/c11-9-3-1-2-8(14-9)10(17)12-4-6-16-7-5-13-15-16/h1-3,5,7H,4,6H2,(H,12,17). The predicted octanol–water partition coefficient (Wildman–Crippen LogP) is 0.866. The van der Waals surface area contributed by atoms with Crippen molar-refractivity contribution >= 4 is 21.8 Å². The molecule has 0 aliphatic carbocycles. The molecule has 0 radical (unpaired) electrons. The van der Waals surface area contributed by atoms with Crippen molar-refractivity contribution in [2.45, 2.75) is 6.54 Å². The number of hydrogen-bond donors (Lipinski definition) is 1. The number of amides is 1. The molecule has 0 fully saturated rings. The van der Waals surface area contributed by atoms with E-state index in [1.165, 1.54) is 0 Å². The number of halogens is 1. The third-order valence-electron chi connectivity index (χ3n) is 2.05. The number of carbonyl (C=O) groups excluding carboxylic acids is 1. The highest BCUT2D eigenvalue weighted by Gasteiger charge is 2.06. The molecule has 2 rings (SSSR count). The van der Waals surface area contributed by atoms with Crippen LogP contribution in [0, 0.1) is 0 Å². The molecule has 2 aromatic rings. The Bertz CT molecular complexity index is 499. The lowest BCUT2D eigenvalue weighted by Gasteiger charge is -2.04. The molecule has 0 spiro atoms. The highest BCUT2D eigenvalue weighted by molar-refractivity contribution is 9.10. The Morgan fingerprint density at radius 2 is 2.35 bits per heavy atom. The van der Waals surface area contributed by atoms with Crippen LogP contribution in [0.15, 0.2) is 35.2 Å². The van der Waals surface area contributed by atoms with E-state index in [1.54, 1.807) is 35.3 Å². The van der Waals surface area contributed by atoms with Crippen molar-refractivity contribution in [1.82, 2.24) is 25.3 Å². The van der Waals surface area contributed by atoms with Gasteiger partial charge in [-0.1, -0.05) is 11.3 Å². The largest absolute Gasteiger partial charge is 0.349 e. The van der Waals surface area contributed by atoms with Crippen LogP contribution in [0.25, 0.3) is 0 Å². The van der Waals surface area contributed by atoms with E-state index in [1.807, 2.05) is 0 Å². The van der Waals surface area contributed by atoms with E-state index >= 15 is 0 Å². The molecule has 0 atom stereocenters. The quantitative estimate of drug-likeness (QED) is 0.850. The topological polar surface area (TPSA) is 72.7 Å². The van der Waals surface area contributed by atoms with E-state index in [-0.39, 0.29) is 5.91 Å². The summed E-state index contributed by atoms with van der Waals surface area (Å²) in [7, 11) is 0. The summed E-state index contributed by atoms with van der Waals surface area (Å²) in [4.78, 5) is 15.7. The van der Waals surface area contributed by atoms with Gasteiger partial charge in [0.05, 0.1) is 12.7 Å². The van der Waals surface area contributed by atoms with Crippen LogP contribution in [-0.2, 0) is 6.54 Å². The van der Waals surface area contributed by atoms with Crippen molar-refractivity contribution in [3.05, 3.63) is 40.9 Å². The highest BCUT2D eigenvalue weighted by atomic mass is 79.9. The van der Waals surface area contributed by atoms with Gasteiger partial charge in [0.15, 0.2) is 0 Å². The minimum Gasteiger partial charge on any atom is -0.349 e. The molecule has 0 saturated heterocycles. The zero-order valence-corrected chi connectivity index (χ0v) is 10.5. The number of rotatable bonds is 4. The molecule has 17 heavy (non-hydrogen) atoms. The molecule has 1 amide bonds. The third-order valence-corrected chi connectivity index (χ3v) is 2.49. The summed E-state index contributed by atoms with van der Waals surface area (Å²) in [6, 6.07) is 5.20. The molecular weight excluding hydrogens is 286 g/mol. The Morgan fingerprint density at radius 3 is 3.06 bits per heavy atom. The summed E-state index contributed by atoms with van der Waals surface area (Å²) in [6.07, 6.45) is 3.33. The SMILES string of the molecule is O=C(NCCn1ccnn1)c1cccc(Br)n1. The van der Waals surface area contributed by atoms with E-state index in [0.717, 1.165) is 0 Å². The minimum atomic E-state index is -0.202. The maximum absolute atomic E-state index is 11.7. The maximum Gasteiger partial charge on any atom is 0.269 e. The van der Waals surface area contributed by atoms with Gasteiger partial charge in [-0.05, 0) is 28.1 Å². The van der Waals surface area contributed by atoms with Gasteiger partial charge in [-0.2, -0.15) is 0 Å². The lowest BCUT2D eigenvalue weighted by atomic mass is 10.3. The van der Waals surface area contributed by atoms with Gasteiger partial charge in [-0.3, -0.25) is 9.48 Å². The van der Waals surface area contributed by atoms with Crippen LogP contribution in [0.3, 0.4) is 0 Å². The zero-order valence-electron chi connectivity index (χ0n) is 8.88. The number of hydrogen-bond acceptors (Lipinski definition) is 4. The van der Waals surface area contributed by atoms with Crippen molar-refractivity contribution in [1.29, 1.82) is 0 Å². The van der Waals surface area contributed by atoms with Crippen LogP contribution in [0.1, 0.15) is 10.5 Å². The van der Waals surface area contributed by atoms with Gasteiger partial charge in [0.25, 0.3) is 5.91 Å². The van der Waals surface area contributed by atoms with Crippen molar-refractivity contribution in [2.24, 2.45) is 0 Å². The van der Waals surface area contributed by atoms with Crippen molar-refractivity contribution < 1.29 is 4.79 Å². The van der Waals surface area contributed by atoms with Gasteiger partial charge in [0, 0.05) is 12.7 Å². The predicted molar refractivity (Wildman–Crippen MR) is 64.3 cm³/mol. The lowest BCUT2D eigenvalue weighted by Crippen LogP contribution is -2.28. The molecule has 0 bridgehead atoms. The van der Waals surface area contributed by atoms with Gasteiger partial charge in [-0.25, -0.2) is 4.98 Å². The third kappa shape index (κ3) is 3.35. The number of carbonyl (C=O) groups is 1. The van der Waals surface area contributed by atoms with Crippen molar-refractivity contribution in [3.63, 3.8) is 0 Å². The first-order valence-electron chi connectivity index (χ1n) is 5.00. The normalized spacial score (nSPS) is 10.2. The Labute approximate surface area is 106 Å². The summed E-state index contributed by atoms with van der Waals surface area (Å²) in [5.41, 5.74) is 0.387. The summed E-state index contributed by atoms with van der Waals surface area (Å²) in [6.45, 7) is 1.07. The Hall–Kier alpha value is -1.76. The zero-order chi connectivity index (χ0) is 12.1. The average molecular weight is 296 g/mol. The van der Waals surface area contributed by atoms with Gasteiger partial charge in [-0.15, -0.1) is 5.10 Å². The van der Waals surface area contributed by atoms with Crippen molar-refractivity contribution in [2.75, 3.05) is 6.54 Å². The number of aromatic nitrogens is 4. The Kier molecular flexibility index (Phi) is 3.81. The minimum absolute atomic E-state index is 0.202. The van der Waals surface area contributed by atoms with Gasteiger partial charge in [0.1, 0.15) is 10.3 Å². The van der Waals surface area contributed by atoms with Crippen molar-refractivity contribution in [3.8, 4) is 0 Å². The second kappa shape index (κ2) is 5.53. The summed E-state index contributed by atoms with van der Waals surface area (Å²) < 4.78 is 2.29. The van der Waals surface area contributed by atoms with E-state index in [9.17, 15) is 4.79 Å². The van der Waals surface area contributed by atoms with Crippen LogP contribution in [0.4, 0.5) is 0 Å². The molecule has 0 saturated carbocycles. The molecule has 88 valence electrons. The van der Waals surface area contributed by atoms with E-state index in [4.69, 9.17) is 0 Å². The molecule has 0 aromatic carbocycles. The maximum atomic E-state index is 11.7. The smallest absolute Gasteiger partial charge is 0.269 e. The van der Waals surface area contributed by atoms with E-state index < -0.39 is 0 Å². The number of nitrogens with zero attached hydrogens (tertiary/aromatic N) is 4. The van der Waals surface area contributed by atoms with Crippen LogP contribution in [0.5, 0.6) is 0 Å². The molecule has 2 aromatic heterocycles.